The molecule has 3 heteroatoms. The van der Waals surface area contributed by atoms with Gasteiger partial charge in [0, 0.05) is 6.04 Å². The SMILES string of the molecule is COc1ccc2cc([C@H](N)CCCN)ccc2c1. The summed E-state index contributed by atoms with van der Waals surface area (Å²) in [6, 6.07) is 12.5. The molecule has 0 spiro atoms. The summed E-state index contributed by atoms with van der Waals surface area (Å²) in [5.41, 5.74) is 12.8. The smallest absolute Gasteiger partial charge is 0.119 e. The molecule has 0 bridgehead atoms. The summed E-state index contributed by atoms with van der Waals surface area (Å²) < 4.78 is 5.21. The van der Waals surface area contributed by atoms with Crippen LogP contribution in [0.4, 0.5) is 0 Å². The van der Waals surface area contributed by atoms with Crippen LogP contribution in [-0.4, -0.2) is 13.7 Å². The Bertz CT molecular complexity index is 525. The second-order valence-corrected chi connectivity index (χ2v) is 4.51. The van der Waals surface area contributed by atoms with Gasteiger partial charge in [-0.3, -0.25) is 0 Å². The summed E-state index contributed by atoms with van der Waals surface area (Å²) in [6.07, 6.45) is 1.89. The average molecular weight is 244 g/mol. The lowest BCUT2D eigenvalue weighted by Crippen LogP contribution is -2.12. The lowest BCUT2D eigenvalue weighted by molar-refractivity contribution is 0.415. The maximum atomic E-state index is 6.15. The summed E-state index contributed by atoms with van der Waals surface area (Å²) in [7, 11) is 1.68. The highest BCUT2D eigenvalue weighted by molar-refractivity contribution is 5.84. The van der Waals surface area contributed by atoms with Crippen molar-refractivity contribution in [2.75, 3.05) is 13.7 Å². The van der Waals surface area contributed by atoms with E-state index in [0.29, 0.717) is 6.54 Å². The standard InChI is InChI=1S/C15H20N2O/c1-18-14-7-6-11-9-13(5-4-12(11)10-14)15(17)3-2-8-16/h4-7,9-10,15H,2-3,8,16-17H2,1H3/t15-/m1/s1. The fraction of sp³-hybridized carbons (Fsp3) is 0.333. The fourth-order valence-electron chi connectivity index (χ4n) is 2.10. The van der Waals surface area contributed by atoms with E-state index in [4.69, 9.17) is 16.2 Å². The molecule has 4 N–H and O–H groups in total. The maximum absolute atomic E-state index is 6.15. The molecule has 2 aromatic rings. The predicted octanol–water partition coefficient (Wildman–Crippen LogP) is 2.59. The summed E-state index contributed by atoms with van der Waals surface area (Å²) in [4.78, 5) is 0. The Hall–Kier alpha value is -1.58. The zero-order valence-electron chi connectivity index (χ0n) is 10.7. The molecule has 0 saturated carbocycles. The number of methoxy groups -OCH3 is 1. The normalized spacial score (nSPS) is 12.6. The van der Waals surface area contributed by atoms with Crippen molar-refractivity contribution in [3.05, 3.63) is 42.0 Å². The molecule has 0 aromatic heterocycles. The summed E-state index contributed by atoms with van der Waals surface area (Å²) in [5.74, 6) is 0.877. The Balaban J connectivity index is 2.27. The first kappa shape index (κ1) is 12.9. The van der Waals surface area contributed by atoms with Crippen molar-refractivity contribution in [2.45, 2.75) is 18.9 Å². The van der Waals surface area contributed by atoms with Crippen molar-refractivity contribution in [2.24, 2.45) is 11.5 Å². The van der Waals surface area contributed by atoms with Crippen LogP contribution in [0.2, 0.25) is 0 Å². The Morgan fingerprint density at radius 1 is 1.11 bits per heavy atom. The van der Waals surface area contributed by atoms with Crippen LogP contribution in [0, 0.1) is 0 Å². The van der Waals surface area contributed by atoms with E-state index in [1.54, 1.807) is 7.11 Å². The van der Waals surface area contributed by atoms with Crippen molar-refractivity contribution in [3.8, 4) is 5.75 Å². The highest BCUT2D eigenvalue weighted by atomic mass is 16.5. The molecule has 0 amide bonds. The van der Waals surface area contributed by atoms with Gasteiger partial charge in [0.2, 0.25) is 0 Å². The van der Waals surface area contributed by atoms with Gasteiger partial charge < -0.3 is 16.2 Å². The van der Waals surface area contributed by atoms with Crippen LogP contribution in [0.15, 0.2) is 36.4 Å². The Morgan fingerprint density at radius 2 is 1.83 bits per heavy atom. The van der Waals surface area contributed by atoms with Gasteiger partial charge in [0.15, 0.2) is 0 Å². The third-order valence-corrected chi connectivity index (χ3v) is 3.22. The molecular formula is C15H20N2O. The summed E-state index contributed by atoms with van der Waals surface area (Å²) in [6.45, 7) is 0.693. The molecule has 0 aliphatic heterocycles. The van der Waals surface area contributed by atoms with E-state index in [1.807, 2.05) is 12.1 Å². The van der Waals surface area contributed by atoms with Crippen molar-refractivity contribution >= 4 is 10.8 Å². The molecule has 3 nitrogen and oxygen atoms in total. The fourth-order valence-corrected chi connectivity index (χ4v) is 2.10. The van der Waals surface area contributed by atoms with Gasteiger partial charge in [-0.1, -0.05) is 18.2 Å². The average Bonchev–Trinajstić information content (AvgIpc) is 2.43. The first-order valence-electron chi connectivity index (χ1n) is 6.28. The number of nitrogens with two attached hydrogens (primary N) is 2. The van der Waals surface area contributed by atoms with Gasteiger partial charge in [0.25, 0.3) is 0 Å². The third-order valence-electron chi connectivity index (χ3n) is 3.22. The van der Waals surface area contributed by atoms with Crippen LogP contribution < -0.4 is 16.2 Å². The van der Waals surface area contributed by atoms with E-state index >= 15 is 0 Å². The van der Waals surface area contributed by atoms with Gasteiger partial charge in [-0.15, -0.1) is 0 Å². The third kappa shape index (κ3) is 2.81. The zero-order valence-corrected chi connectivity index (χ0v) is 10.7. The van der Waals surface area contributed by atoms with E-state index in [9.17, 15) is 0 Å². The lowest BCUT2D eigenvalue weighted by atomic mass is 9.99. The molecule has 0 radical (unpaired) electrons. The maximum Gasteiger partial charge on any atom is 0.119 e. The van der Waals surface area contributed by atoms with E-state index in [-0.39, 0.29) is 6.04 Å². The van der Waals surface area contributed by atoms with Gasteiger partial charge in [-0.25, -0.2) is 0 Å². The molecule has 0 saturated heterocycles. The summed E-state index contributed by atoms with van der Waals surface area (Å²) in [5, 5.41) is 2.36. The molecule has 96 valence electrons. The molecule has 0 aliphatic carbocycles. The largest absolute Gasteiger partial charge is 0.497 e. The number of hydrogen-bond acceptors (Lipinski definition) is 3. The van der Waals surface area contributed by atoms with Crippen LogP contribution in [0.5, 0.6) is 5.75 Å². The predicted molar refractivity (Wildman–Crippen MR) is 75.7 cm³/mol. The summed E-state index contributed by atoms with van der Waals surface area (Å²) >= 11 is 0. The molecule has 2 rings (SSSR count). The number of fused-ring (bicyclic) bond motifs is 1. The van der Waals surface area contributed by atoms with Crippen molar-refractivity contribution in [3.63, 3.8) is 0 Å². The first-order valence-corrected chi connectivity index (χ1v) is 6.28. The molecule has 18 heavy (non-hydrogen) atoms. The Labute approximate surface area is 108 Å². The molecule has 1 atom stereocenters. The van der Waals surface area contributed by atoms with Crippen LogP contribution in [0.3, 0.4) is 0 Å². The van der Waals surface area contributed by atoms with Gasteiger partial charge in [-0.05, 0) is 53.9 Å². The van der Waals surface area contributed by atoms with Crippen LogP contribution in [-0.2, 0) is 0 Å². The zero-order chi connectivity index (χ0) is 13.0. The van der Waals surface area contributed by atoms with Gasteiger partial charge in [-0.2, -0.15) is 0 Å². The van der Waals surface area contributed by atoms with E-state index in [2.05, 4.69) is 24.3 Å². The minimum Gasteiger partial charge on any atom is -0.497 e. The first-order chi connectivity index (χ1) is 8.74. The highest BCUT2D eigenvalue weighted by Crippen LogP contribution is 2.25. The van der Waals surface area contributed by atoms with Crippen LogP contribution >= 0.6 is 0 Å². The minimum atomic E-state index is 0.0695. The lowest BCUT2D eigenvalue weighted by Gasteiger charge is -2.12. The van der Waals surface area contributed by atoms with Gasteiger partial charge in [0.05, 0.1) is 7.11 Å². The number of rotatable bonds is 5. The Kier molecular flexibility index (Phi) is 4.18. The molecule has 0 heterocycles. The monoisotopic (exact) mass is 244 g/mol. The van der Waals surface area contributed by atoms with Gasteiger partial charge >= 0.3 is 0 Å². The topological polar surface area (TPSA) is 61.3 Å². The molecule has 0 unspecified atom stereocenters. The second-order valence-electron chi connectivity index (χ2n) is 4.51. The molecule has 0 aliphatic rings. The van der Waals surface area contributed by atoms with Crippen molar-refractivity contribution in [1.29, 1.82) is 0 Å². The quantitative estimate of drug-likeness (QED) is 0.849. The Morgan fingerprint density at radius 3 is 2.56 bits per heavy atom. The van der Waals surface area contributed by atoms with Crippen LogP contribution in [0.1, 0.15) is 24.4 Å². The molecular weight excluding hydrogens is 224 g/mol. The highest BCUT2D eigenvalue weighted by Gasteiger charge is 2.06. The van der Waals surface area contributed by atoms with E-state index in [1.165, 1.54) is 16.3 Å². The van der Waals surface area contributed by atoms with E-state index in [0.717, 1.165) is 18.6 Å². The minimum absolute atomic E-state index is 0.0695. The number of ether oxygens (including phenoxy) is 1. The van der Waals surface area contributed by atoms with Crippen LogP contribution in [0.25, 0.3) is 10.8 Å². The van der Waals surface area contributed by atoms with Crippen molar-refractivity contribution < 1.29 is 4.74 Å². The van der Waals surface area contributed by atoms with Crippen molar-refractivity contribution in [1.82, 2.24) is 0 Å². The second kappa shape index (κ2) is 5.85. The van der Waals surface area contributed by atoms with E-state index < -0.39 is 0 Å². The molecule has 0 fully saturated rings. The van der Waals surface area contributed by atoms with Gasteiger partial charge in [0.1, 0.15) is 5.75 Å². The number of benzene rings is 2. The number of hydrogen-bond donors (Lipinski definition) is 2. The molecule has 2 aromatic carbocycles.